The summed E-state index contributed by atoms with van der Waals surface area (Å²) in [7, 11) is 0. The number of hydrogen-bond donors (Lipinski definition) is 1. The van der Waals surface area contributed by atoms with Gasteiger partial charge in [0.1, 0.15) is 5.75 Å². The van der Waals surface area contributed by atoms with E-state index in [-0.39, 0.29) is 17.4 Å². The van der Waals surface area contributed by atoms with E-state index in [1.54, 1.807) is 0 Å². The van der Waals surface area contributed by atoms with E-state index in [1.165, 1.54) is 98.0 Å². The minimum atomic E-state index is 0.0272. The SMILES string of the molecule is CCN(CC)CCCC(CCCCCCCCCc1ccc(O)c2c1SC(=O)C1CC21)C1(CCOCCc2cccc3ccccc23)CO1. The molecule has 3 aliphatic rings. The lowest BCUT2D eigenvalue weighted by Gasteiger charge is -2.26. The summed E-state index contributed by atoms with van der Waals surface area (Å²) in [5.74, 6) is 1.43. The quantitative estimate of drug-likeness (QED) is 0.0792. The summed E-state index contributed by atoms with van der Waals surface area (Å²) < 4.78 is 12.5. The van der Waals surface area contributed by atoms with E-state index in [4.69, 9.17) is 9.47 Å². The lowest BCUT2D eigenvalue weighted by atomic mass is 9.82. The highest BCUT2D eigenvalue weighted by Gasteiger charge is 2.51. The third-order valence-electron chi connectivity index (χ3n) is 11.7. The van der Waals surface area contributed by atoms with Crippen LogP contribution in [0.3, 0.4) is 0 Å². The molecule has 2 aliphatic heterocycles. The zero-order valence-electron chi connectivity index (χ0n) is 30.1. The molecule has 3 aromatic rings. The van der Waals surface area contributed by atoms with Gasteiger partial charge in [0, 0.05) is 35.3 Å². The summed E-state index contributed by atoms with van der Waals surface area (Å²) in [5, 5.41) is 13.4. The van der Waals surface area contributed by atoms with Gasteiger partial charge in [0.15, 0.2) is 5.12 Å². The summed E-state index contributed by atoms with van der Waals surface area (Å²) in [4.78, 5) is 16.0. The van der Waals surface area contributed by atoms with E-state index in [9.17, 15) is 9.90 Å². The Hall–Kier alpha value is -2.38. The number of hydrogen-bond acceptors (Lipinski definition) is 6. The summed E-state index contributed by atoms with van der Waals surface area (Å²) in [6.07, 6.45) is 16.5. The Kier molecular flexibility index (Phi) is 13.2. The third kappa shape index (κ3) is 9.49. The van der Waals surface area contributed by atoms with Crippen molar-refractivity contribution in [2.24, 2.45) is 11.8 Å². The first-order chi connectivity index (χ1) is 24.0. The Labute approximate surface area is 299 Å². The van der Waals surface area contributed by atoms with Crippen molar-refractivity contribution in [2.45, 2.75) is 120 Å². The van der Waals surface area contributed by atoms with Gasteiger partial charge < -0.3 is 19.5 Å². The highest BCUT2D eigenvalue weighted by Crippen LogP contribution is 2.60. The number of aryl methyl sites for hydroxylation is 1. The molecular formula is C43H59NO4S. The first-order valence-electron chi connectivity index (χ1n) is 19.5. The zero-order chi connectivity index (χ0) is 34.1. The van der Waals surface area contributed by atoms with Gasteiger partial charge in [-0.1, -0.05) is 113 Å². The van der Waals surface area contributed by atoms with Crippen molar-refractivity contribution in [2.75, 3.05) is 39.5 Å². The molecule has 1 aliphatic carbocycles. The van der Waals surface area contributed by atoms with Gasteiger partial charge >= 0.3 is 0 Å². The third-order valence-corrected chi connectivity index (χ3v) is 12.9. The Morgan fingerprint density at radius 3 is 2.39 bits per heavy atom. The molecular weight excluding hydrogens is 627 g/mol. The number of rotatable bonds is 23. The molecule has 4 unspecified atom stereocenters. The average Bonchev–Trinajstić information content (AvgIpc) is 4.06. The number of carbonyl (C=O) groups is 1. The van der Waals surface area contributed by atoms with Crippen LogP contribution >= 0.6 is 11.8 Å². The minimum Gasteiger partial charge on any atom is -0.508 e. The number of phenolic OH excluding ortho intramolecular Hbond substituents is 1. The highest BCUT2D eigenvalue weighted by atomic mass is 32.2. The molecule has 6 heteroatoms. The molecule has 2 heterocycles. The van der Waals surface area contributed by atoms with Crippen LogP contribution in [0, 0.1) is 11.8 Å². The monoisotopic (exact) mass is 685 g/mol. The molecule has 266 valence electrons. The Morgan fingerprint density at radius 2 is 1.59 bits per heavy atom. The number of fused-ring (bicyclic) bond motifs is 4. The molecule has 0 spiro atoms. The highest BCUT2D eigenvalue weighted by molar-refractivity contribution is 8.13. The van der Waals surface area contributed by atoms with Gasteiger partial charge in [-0.05, 0) is 98.5 Å². The van der Waals surface area contributed by atoms with Crippen LogP contribution in [-0.2, 0) is 27.1 Å². The fourth-order valence-corrected chi connectivity index (χ4v) is 9.62. The summed E-state index contributed by atoms with van der Waals surface area (Å²) in [6.45, 7) is 10.4. The van der Waals surface area contributed by atoms with Crippen molar-refractivity contribution < 1.29 is 19.4 Å². The second kappa shape index (κ2) is 17.7. The summed E-state index contributed by atoms with van der Waals surface area (Å²) >= 11 is 1.38. The number of unbranched alkanes of at least 4 members (excludes halogenated alkanes) is 6. The minimum absolute atomic E-state index is 0.0272. The zero-order valence-corrected chi connectivity index (χ0v) is 30.9. The van der Waals surface area contributed by atoms with Crippen LogP contribution in [0.1, 0.15) is 114 Å². The number of benzene rings is 3. The molecule has 1 N–H and O–H groups in total. The van der Waals surface area contributed by atoms with Crippen molar-refractivity contribution in [3.05, 3.63) is 71.3 Å². The van der Waals surface area contributed by atoms with Crippen LogP contribution in [0.5, 0.6) is 5.75 Å². The van der Waals surface area contributed by atoms with Crippen LogP contribution < -0.4 is 0 Å². The van der Waals surface area contributed by atoms with Crippen molar-refractivity contribution in [1.29, 1.82) is 0 Å². The van der Waals surface area contributed by atoms with E-state index in [2.05, 4.69) is 61.2 Å². The van der Waals surface area contributed by atoms with E-state index in [0.717, 1.165) is 75.5 Å². The molecule has 49 heavy (non-hydrogen) atoms. The molecule has 5 nitrogen and oxygen atoms in total. The van der Waals surface area contributed by atoms with Crippen molar-refractivity contribution in [3.63, 3.8) is 0 Å². The van der Waals surface area contributed by atoms with Crippen LogP contribution in [0.25, 0.3) is 10.8 Å². The van der Waals surface area contributed by atoms with Crippen LogP contribution in [-0.4, -0.2) is 60.2 Å². The summed E-state index contributed by atoms with van der Waals surface area (Å²) in [6, 6.07) is 19.1. The average molecular weight is 686 g/mol. The van der Waals surface area contributed by atoms with Crippen LogP contribution in [0.4, 0.5) is 0 Å². The molecule has 3 aromatic carbocycles. The predicted molar refractivity (Wildman–Crippen MR) is 203 cm³/mol. The lowest BCUT2D eigenvalue weighted by Crippen LogP contribution is -2.29. The smallest absolute Gasteiger partial charge is 0.197 e. The number of aromatic hydroxyl groups is 1. The first kappa shape index (κ1) is 36.4. The van der Waals surface area contributed by atoms with E-state index in [1.807, 2.05) is 12.1 Å². The molecule has 6 rings (SSSR count). The second-order valence-electron chi connectivity index (χ2n) is 14.8. The van der Waals surface area contributed by atoms with Gasteiger partial charge in [-0.15, -0.1) is 0 Å². The van der Waals surface area contributed by atoms with Gasteiger partial charge in [0.05, 0.1) is 18.8 Å². The van der Waals surface area contributed by atoms with Crippen molar-refractivity contribution in [3.8, 4) is 5.75 Å². The normalized spacial score (nSPS) is 21.6. The van der Waals surface area contributed by atoms with Gasteiger partial charge in [0.25, 0.3) is 0 Å². The van der Waals surface area contributed by atoms with E-state index < -0.39 is 0 Å². The number of epoxide rings is 1. The molecule has 0 radical (unpaired) electrons. The molecule has 4 atom stereocenters. The maximum absolute atomic E-state index is 12.4. The lowest BCUT2D eigenvalue weighted by molar-refractivity contribution is -0.112. The fraction of sp³-hybridized carbons (Fsp3) is 0.605. The fourth-order valence-electron chi connectivity index (χ4n) is 8.34. The molecule has 0 amide bonds. The van der Waals surface area contributed by atoms with Crippen LogP contribution in [0.15, 0.2) is 59.5 Å². The Bertz CT molecular complexity index is 1510. The van der Waals surface area contributed by atoms with Gasteiger partial charge in [-0.25, -0.2) is 0 Å². The maximum atomic E-state index is 12.4. The molecule has 0 aromatic heterocycles. The van der Waals surface area contributed by atoms with Gasteiger partial charge in [0.2, 0.25) is 0 Å². The van der Waals surface area contributed by atoms with Crippen molar-refractivity contribution in [1.82, 2.24) is 4.90 Å². The van der Waals surface area contributed by atoms with E-state index >= 15 is 0 Å². The molecule has 2 fully saturated rings. The standard InChI is InChI=1S/C43H59NO4S/c1-3-44(4-2)27-15-21-35(43(31-48-43)26-29-47-28-25-33-19-14-18-32-16-12-13-22-36(32)33)20-11-9-7-5-6-8-10-17-34-23-24-39(45)40-37-30-38(37)42(46)49-41(34)40/h12-14,16,18-19,22-24,35,37-38,45H,3-11,15,17,20-21,25-31H2,1-2H3. The predicted octanol–water partition coefficient (Wildman–Crippen LogP) is 10.1. The second-order valence-corrected chi connectivity index (χ2v) is 15.9. The molecule has 0 bridgehead atoms. The number of ether oxygens (including phenoxy) is 2. The van der Waals surface area contributed by atoms with Crippen LogP contribution in [0.2, 0.25) is 0 Å². The largest absolute Gasteiger partial charge is 0.508 e. The van der Waals surface area contributed by atoms with E-state index in [0.29, 0.717) is 16.8 Å². The molecule has 1 saturated heterocycles. The number of nitrogens with zero attached hydrogens (tertiary/aromatic N) is 1. The number of phenols is 1. The summed E-state index contributed by atoms with van der Waals surface area (Å²) in [5.41, 5.74) is 3.71. The van der Waals surface area contributed by atoms with Gasteiger partial charge in [-0.2, -0.15) is 0 Å². The Balaban J connectivity index is 0.890. The maximum Gasteiger partial charge on any atom is 0.197 e. The topological polar surface area (TPSA) is 62.3 Å². The van der Waals surface area contributed by atoms with Crippen molar-refractivity contribution >= 4 is 27.6 Å². The Morgan fingerprint density at radius 1 is 0.857 bits per heavy atom. The van der Waals surface area contributed by atoms with Gasteiger partial charge in [-0.3, -0.25) is 4.79 Å². The molecule has 1 saturated carbocycles. The first-order valence-corrected chi connectivity index (χ1v) is 20.3. The number of carbonyl (C=O) groups excluding carboxylic acids is 1. The number of thioether (sulfide) groups is 1.